The molecule has 0 aromatic carbocycles. The van der Waals surface area contributed by atoms with Crippen LogP contribution in [0.5, 0.6) is 5.75 Å². The fourth-order valence-corrected chi connectivity index (χ4v) is 0.950. The second kappa shape index (κ2) is 4.69. The first kappa shape index (κ1) is 12.1. The number of alkyl halides is 3. The Morgan fingerprint density at radius 1 is 1.50 bits per heavy atom. The van der Waals surface area contributed by atoms with Crippen LogP contribution >= 0.6 is 0 Å². The molecule has 0 saturated carbocycles. The summed E-state index contributed by atoms with van der Waals surface area (Å²) >= 11 is 0. The van der Waals surface area contributed by atoms with Crippen LogP contribution < -0.4 is 15.5 Å². The number of nitrogens with one attached hydrogen (secondary N) is 2. The highest BCUT2D eigenvalue weighted by Crippen LogP contribution is 2.19. The quantitative estimate of drug-likeness (QED) is 0.761. The van der Waals surface area contributed by atoms with Crippen molar-refractivity contribution in [3.8, 4) is 5.75 Å². The smallest absolute Gasteiger partial charge is 0.405 e. The van der Waals surface area contributed by atoms with E-state index in [1.807, 2.05) is 5.32 Å². The minimum Gasteiger partial charge on any atom is -0.421 e. The van der Waals surface area contributed by atoms with Gasteiger partial charge in [0.05, 0.1) is 0 Å². The van der Waals surface area contributed by atoms with Crippen molar-refractivity contribution in [1.82, 2.24) is 4.98 Å². The zero-order valence-electron chi connectivity index (χ0n) is 7.80. The van der Waals surface area contributed by atoms with Crippen LogP contribution in [0.1, 0.15) is 0 Å². The van der Waals surface area contributed by atoms with Gasteiger partial charge >= 0.3 is 6.18 Å². The lowest BCUT2D eigenvalue weighted by atomic mass is 10.4. The molecule has 88 valence electrons. The Labute approximate surface area is 87.2 Å². The third-order valence-corrected chi connectivity index (χ3v) is 1.54. The van der Waals surface area contributed by atoms with E-state index >= 15 is 0 Å². The molecule has 1 rings (SSSR count). The van der Waals surface area contributed by atoms with Crippen LogP contribution in [0.3, 0.4) is 0 Å². The molecular formula is C8H7F3N2O3. The highest BCUT2D eigenvalue weighted by Gasteiger charge is 2.27. The predicted molar refractivity (Wildman–Crippen MR) is 48.3 cm³/mol. The first-order valence-corrected chi connectivity index (χ1v) is 4.06. The molecule has 0 amide bonds. The Hall–Kier alpha value is -1.99. The van der Waals surface area contributed by atoms with E-state index in [2.05, 4.69) is 9.72 Å². The van der Waals surface area contributed by atoms with Crippen molar-refractivity contribution in [2.75, 3.05) is 11.9 Å². The van der Waals surface area contributed by atoms with Gasteiger partial charge < -0.3 is 15.0 Å². The lowest BCUT2D eigenvalue weighted by Crippen LogP contribution is -2.23. The molecule has 0 bridgehead atoms. The summed E-state index contributed by atoms with van der Waals surface area (Å²) < 4.78 is 40.0. The van der Waals surface area contributed by atoms with Crippen molar-refractivity contribution < 1.29 is 22.7 Å². The van der Waals surface area contributed by atoms with E-state index in [0.29, 0.717) is 0 Å². The molecule has 0 unspecified atom stereocenters. The summed E-state index contributed by atoms with van der Waals surface area (Å²) in [5.41, 5.74) is -0.699. The van der Waals surface area contributed by atoms with E-state index in [4.69, 9.17) is 0 Å². The Morgan fingerprint density at radius 2 is 2.19 bits per heavy atom. The van der Waals surface area contributed by atoms with Gasteiger partial charge in [0.2, 0.25) is 11.2 Å². The second-order valence-corrected chi connectivity index (χ2v) is 2.73. The second-order valence-electron chi connectivity index (χ2n) is 2.73. The van der Waals surface area contributed by atoms with Crippen molar-refractivity contribution in [1.29, 1.82) is 0 Å². The number of rotatable bonds is 4. The molecule has 0 spiro atoms. The first-order chi connectivity index (χ1) is 7.44. The lowest BCUT2D eigenvalue weighted by molar-refractivity contribution is -0.120. The third kappa shape index (κ3) is 3.30. The Bertz CT molecular complexity index is 427. The van der Waals surface area contributed by atoms with E-state index in [1.165, 1.54) is 0 Å². The molecule has 1 heterocycles. The van der Waals surface area contributed by atoms with Gasteiger partial charge in [0, 0.05) is 12.3 Å². The molecule has 1 aromatic heterocycles. The van der Waals surface area contributed by atoms with Gasteiger partial charge in [0.25, 0.3) is 6.47 Å². The number of H-pyrrole nitrogens is 1. The molecule has 0 aliphatic heterocycles. The van der Waals surface area contributed by atoms with Gasteiger partial charge in [0.1, 0.15) is 6.54 Å². The van der Waals surface area contributed by atoms with Crippen LogP contribution in [0.4, 0.5) is 19.0 Å². The molecule has 0 atom stereocenters. The average Bonchev–Trinajstić information content (AvgIpc) is 2.18. The van der Waals surface area contributed by atoms with Gasteiger partial charge in [-0.15, -0.1) is 0 Å². The fraction of sp³-hybridized carbons (Fsp3) is 0.250. The standard InChI is InChI=1S/C8H7F3N2O3/c9-8(10,11)3-13-7-6(16-4-14)5(15)1-2-12-7/h1-2,4H,3H2,(H2,12,13,15). The van der Waals surface area contributed by atoms with E-state index in [9.17, 15) is 22.8 Å². The molecule has 0 aliphatic rings. The number of halogens is 3. The number of hydrogen-bond acceptors (Lipinski definition) is 4. The Morgan fingerprint density at radius 3 is 2.75 bits per heavy atom. The van der Waals surface area contributed by atoms with Gasteiger partial charge in [-0.1, -0.05) is 0 Å². The summed E-state index contributed by atoms with van der Waals surface area (Å²) in [5.74, 6) is -0.793. The molecule has 0 radical (unpaired) electrons. The third-order valence-electron chi connectivity index (χ3n) is 1.54. The first-order valence-electron chi connectivity index (χ1n) is 4.06. The predicted octanol–water partition coefficient (Wildman–Crippen LogP) is 0.884. The van der Waals surface area contributed by atoms with Crippen molar-refractivity contribution in [3.05, 3.63) is 22.5 Å². The van der Waals surface area contributed by atoms with Gasteiger partial charge in [-0.3, -0.25) is 9.59 Å². The topological polar surface area (TPSA) is 71.2 Å². The number of anilines is 1. The van der Waals surface area contributed by atoms with Crippen LogP contribution in [-0.4, -0.2) is 24.2 Å². The van der Waals surface area contributed by atoms with Crippen LogP contribution in [0.25, 0.3) is 0 Å². The van der Waals surface area contributed by atoms with Crippen molar-refractivity contribution in [3.63, 3.8) is 0 Å². The maximum absolute atomic E-state index is 11.9. The molecule has 1 aromatic rings. The number of pyridine rings is 1. The molecule has 16 heavy (non-hydrogen) atoms. The fourth-order valence-electron chi connectivity index (χ4n) is 0.950. The van der Waals surface area contributed by atoms with Gasteiger partial charge in [-0.25, -0.2) is 0 Å². The van der Waals surface area contributed by atoms with E-state index < -0.39 is 23.9 Å². The van der Waals surface area contributed by atoms with Crippen molar-refractivity contribution in [2.24, 2.45) is 0 Å². The number of ether oxygens (including phenoxy) is 1. The molecule has 5 nitrogen and oxygen atoms in total. The van der Waals surface area contributed by atoms with E-state index in [0.717, 1.165) is 12.3 Å². The Kier molecular flexibility index (Phi) is 3.54. The SMILES string of the molecule is O=COc1c(NCC(F)(F)F)[nH]ccc1=O. The van der Waals surface area contributed by atoms with E-state index in [-0.39, 0.29) is 12.3 Å². The Balaban J connectivity index is 2.91. The summed E-state index contributed by atoms with van der Waals surface area (Å²) in [5, 5.41) is 1.91. The van der Waals surface area contributed by atoms with Gasteiger partial charge in [0.15, 0.2) is 5.82 Å². The van der Waals surface area contributed by atoms with Crippen LogP contribution in [0.2, 0.25) is 0 Å². The summed E-state index contributed by atoms with van der Waals surface area (Å²) in [6, 6.07) is 1.03. The molecule has 0 saturated heterocycles. The summed E-state index contributed by atoms with van der Waals surface area (Å²) in [6.45, 7) is -1.38. The number of hydrogen-bond donors (Lipinski definition) is 2. The largest absolute Gasteiger partial charge is 0.421 e. The molecule has 0 fully saturated rings. The zero-order valence-corrected chi connectivity index (χ0v) is 7.80. The molecule has 8 heteroatoms. The zero-order chi connectivity index (χ0) is 12.2. The number of aromatic nitrogens is 1. The number of aromatic amines is 1. The monoisotopic (exact) mass is 236 g/mol. The average molecular weight is 236 g/mol. The van der Waals surface area contributed by atoms with E-state index in [1.54, 1.807) is 0 Å². The van der Waals surface area contributed by atoms with Gasteiger partial charge in [-0.05, 0) is 0 Å². The maximum atomic E-state index is 11.9. The number of carbonyl (C=O) groups is 1. The maximum Gasteiger partial charge on any atom is 0.405 e. The summed E-state index contributed by atoms with van der Waals surface area (Å²) in [6.07, 6.45) is -3.30. The molecular weight excluding hydrogens is 229 g/mol. The minimum absolute atomic E-state index is 0.0384. The minimum atomic E-state index is -4.44. The molecule has 2 N–H and O–H groups in total. The summed E-state index contributed by atoms with van der Waals surface area (Å²) in [7, 11) is 0. The normalized spacial score (nSPS) is 10.9. The lowest BCUT2D eigenvalue weighted by Gasteiger charge is -2.11. The summed E-state index contributed by atoms with van der Waals surface area (Å²) in [4.78, 5) is 23.5. The van der Waals surface area contributed by atoms with Crippen LogP contribution in [-0.2, 0) is 4.79 Å². The van der Waals surface area contributed by atoms with Crippen molar-refractivity contribution in [2.45, 2.75) is 6.18 Å². The highest BCUT2D eigenvalue weighted by molar-refractivity contribution is 5.56. The van der Waals surface area contributed by atoms with Crippen LogP contribution in [0.15, 0.2) is 17.1 Å². The molecule has 0 aliphatic carbocycles. The number of carbonyl (C=O) groups excluding carboxylic acids is 1. The van der Waals surface area contributed by atoms with Crippen molar-refractivity contribution >= 4 is 12.3 Å². The highest BCUT2D eigenvalue weighted by atomic mass is 19.4. The van der Waals surface area contributed by atoms with Crippen LogP contribution in [0, 0.1) is 0 Å². The van der Waals surface area contributed by atoms with Gasteiger partial charge in [-0.2, -0.15) is 13.2 Å².